The average molecular weight is 433 g/mol. The maximum atomic E-state index is 9.33. The zero-order chi connectivity index (χ0) is 12.2. The van der Waals surface area contributed by atoms with E-state index in [9.17, 15) is 5.11 Å². The summed E-state index contributed by atoms with van der Waals surface area (Å²) in [6.07, 6.45) is 2.03. The molecule has 0 aromatic rings. The van der Waals surface area contributed by atoms with Crippen molar-refractivity contribution in [1.82, 2.24) is 0 Å². The van der Waals surface area contributed by atoms with E-state index in [1.165, 1.54) is 0 Å². The second-order valence-corrected chi connectivity index (χ2v) is 6.41. The molecule has 0 amide bonds. The van der Waals surface area contributed by atoms with Gasteiger partial charge in [0.15, 0.2) is 0 Å². The fourth-order valence-corrected chi connectivity index (χ4v) is 2.07. The molecular formula is C11H17I2NO. The van der Waals surface area contributed by atoms with Gasteiger partial charge >= 0.3 is 0 Å². The second kappa shape index (κ2) is 6.22. The van der Waals surface area contributed by atoms with Gasteiger partial charge in [0.25, 0.3) is 0 Å². The number of halogens is 2. The van der Waals surface area contributed by atoms with Crippen LogP contribution in [0.3, 0.4) is 0 Å². The van der Waals surface area contributed by atoms with Crippen LogP contribution in [0.1, 0.15) is 34.6 Å². The quantitative estimate of drug-likeness (QED) is 0.283. The number of nitrogens with zero attached hydrogens (tertiary/aromatic N) is 1. The summed E-state index contributed by atoms with van der Waals surface area (Å²) in [5, 5.41) is 9.33. The molecule has 0 aromatic heterocycles. The molecule has 0 heterocycles. The van der Waals surface area contributed by atoms with Crippen LogP contribution in [0.4, 0.5) is 0 Å². The SMILES string of the molecule is C/C=C(I)/C(=N/C(I)=C(\C)O)C(C)(C)C. The molecule has 4 heteroatoms. The molecule has 0 unspecified atom stereocenters. The summed E-state index contributed by atoms with van der Waals surface area (Å²) < 4.78 is 1.77. The average Bonchev–Trinajstić information content (AvgIpc) is 2.10. The predicted molar refractivity (Wildman–Crippen MR) is 84.0 cm³/mol. The van der Waals surface area contributed by atoms with E-state index in [4.69, 9.17) is 0 Å². The lowest BCUT2D eigenvalue weighted by Gasteiger charge is -2.21. The Kier molecular flexibility index (Phi) is 6.39. The number of hydrogen-bond acceptors (Lipinski definition) is 2. The largest absolute Gasteiger partial charge is 0.510 e. The summed E-state index contributed by atoms with van der Waals surface area (Å²) >= 11 is 4.32. The van der Waals surface area contributed by atoms with Gasteiger partial charge in [-0.15, -0.1) is 0 Å². The Labute approximate surface area is 119 Å². The van der Waals surface area contributed by atoms with Crippen LogP contribution in [0.15, 0.2) is 24.1 Å². The maximum absolute atomic E-state index is 9.33. The molecule has 0 atom stereocenters. The van der Waals surface area contributed by atoms with E-state index in [1.54, 1.807) is 6.92 Å². The molecule has 0 saturated carbocycles. The van der Waals surface area contributed by atoms with Gasteiger partial charge in [0.2, 0.25) is 0 Å². The summed E-state index contributed by atoms with van der Waals surface area (Å²) in [6.45, 7) is 9.99. The predicted octanol–water partition coefficient (Wildman–Crippen LogP) is 4.99. The summed E-state index contributed by atoms with van der Waals surface area (Å²) in [6, 6.07) is 0. The van der Waals surface area contributed by atoms with Crippen LogP contribution in [0.5, 0.6) is 0 Å². The molecule has 1 N–H and O–H groups in total. The van der Waals surface area contributed by atoms with Crippen molar-refractivity contribution in [3.05, 3.63) is 19.1 Å². The molecule has 0 rings (SSSR count). The van der Waals surface area contributed by atoms with Gasteiger partial charge < -0.3 is 5.11 Å². The molecule has 0 spiro atoms. The lowest BCUT2D eigenvalue weighted by molar-refractivity contribution is 0.411. The highest BCUT2D eigenvalue weighted by molar-refractivity contribution is 14.1. The van der Waals surface area contributed by atoms with Crippen LogP contribution in [-0.4, -0.2) is 10.8 Å². The van der Waals surface area contributed by atoms with Crippen molar-refractivity contribution in [2.75, 3.05) is 0 Å². The van der Waals surface area contributed by atoms with Gasteiger partial charge in [-0.05, 0) is 59.0 Å². The fourth-order valence-electron chi connectivity index (χ4n) is 0.895. The number of aliphatic imine (C=N–C) groups is 1. The van der Waals surface area contributed by atoms with Crippen LogP contribution < -0.4 is 0 Å². The van der Waals surface area contributed by atoms with E-state index >= 15 is 0 Å². The summed E-state index contributed by atoms with van der Waals surface area (Å²) in [4.78, 5) is 4.48. The molecular weight excluding hydrogens is 416 g/mol. The lowest BCUT2D eigenvalue weighted by atomic mass is 9.89. The maximum Gasteiger partial charge on any atom is 0.138 e. The minimum absolute atomic E-state index is 0.0189. The minimum Gasteiger partial charge on any atom is -0.510 e. The van der Waals surface area contributed by atoms with Crippen LogP contribution in [0, 0.1) is 5.41 Å². The number of aliphatic hydroxyl groups excluding tert-OH is 1. The zero-order valence-corrected chi connectivity index (χ0v) is 14.0. The van der Waals surface area contributed by atoms with Crippen LogP contribution in [0.2, 0.25) is 0 Å². The minimum atomic E-state index is -0.0189. The molecule has 0 aliphatic heterocycles. The van der Waals surface area contributed by atoms with Crippen LogP contribution >= 0.6 is 45.2 Å². The van der Waals surface area contributed by atoms with Crippen molar-refractivity contribution in [3.63, 3.8) is 0 Å². The molecule has 15 heavy (non-hydrogen) atoms. The van der Waals surface area contributed by atoms with E-state index in [-0.39, 0.29) is 11.2 Å². The summed E-state index contributed by atoms with van der Waals surface area (Å²) in [5.41, 5.74) is 0.984. The van der Waals surface area contributed by atoms with Crippen molar-refractivity contribution in [2.24, 2.45) is 10.4 Å². The standard InChI is InChI=1S/C11H17I2NO/c1-6-8(12)9(11(3,4)5)14-10(13)7(2)15/h6,15H,1-5H3/b8-6-,10-7+,14-9-. The number of allylic oxidation sites excluding steroid dienone is 3. The van der Waals surface area contributed by atoms with Gasteiger partial charge in [0.05, 0.1) is 5.71 Å². The first-order chi connectivity index (χ1) is 6.70. The second-order valence-electron chi connectivity index (χ2n) is 4.22. The van der Waals surface area contributed by atoms with Crippen molar-refractivity contribution < 1.29 is 5.11 Å². The van der Waals surface area contributed by atoms with Gasteiger partial charge in [-0.1, -0.05) is 26.8 Å². The molecule has 0 saturated heterocycles. The Hall–Kier alpha value is 0.410. The van der Waals surface area contributed by atoms with Gasteiger partial charge in [-0.3, -0.25) is 0 Å². The van der Waals surface area contributed by atoms with E-state index < -0.39 is 0 Å². The highest BCUT2D eigenvalue weighted by Crippen LogP contribution is 2.28. The van der Waals surface area contributed by atoms with Crippen LogP contribution in [0.25, 0.3) is 0 Å². The fraction of sp³-hybridized carbons (Fsp3) is 0.545. The van der Waals surface area contributed by atoms with Gasteiger partial charge in [0, 0.05) is 8.99 Å². The number of aliphatic hydroxyl groups is 1. The van der Waals surface area contributed by atoms with E-state index in [2.05, 4.69) is 48.4 Å². The third-order valence-corrected chi connectivity index (χ3v) is 3.85. The van der Waals surface area contributed by atoms with Crippen molar-refractivity contribution >= 4 is 50.9 Å². The van der Waals surface area contributed by atoms with E-state index in [1.807, 2.05) is 35.6 Å². The third-order valence-electron chi connectivity index (χ3n) is 1.70. The topological polar surface area (TPSA) is 32.6 Å². The molecule has 0 bridgehead atoms. The van der Waals surface area contributed by atoms with Gasteiger partial charge in [-0.2, -0.15) is 0 Å². The van der Waals surface area contributed by atoms with E-state index in [0.717, 1.165) is 9.29 Å². The Balaban J connectivity index is 5.43. The molecule has 0 fully saturated rings. The van der Waals surface area contributed by atoms with Crippen molar-refractivity contribution in [2.45, 2.75) is 34.6 Å². The van der Waals surface area contributed by atoms with Crippen molar-refractivity contribution in [1.29, 1.82) is 0 Å². The molecule has 2 nitrogen and oxygen atoms in total. The molecule has 0 aliphatic rings. The van der Waals surface area contributed by atoms with E-state index in [0.29, 0.717) is 3.70 Å². The number of rotatable bonds is 2. The molecule has 86 valence electrons. The van der Waals surface area contributed by atoms with Gasteiger partial charge in [-0.25, -0.2) is 4.99 Å². The monoisotopic (exact) mass is 433 g/mol. The smallest absolute Gasteiger partial charge is 0.138 e. The summed E-state index contributed by atoms with van der Waals surface area (Å²) in [5.74, 6) is 0.262. The number of hydrogen-bond donors (Lipinski definition) is 1. The lowest BCUT2D eigenvalue weighted by Crippen LogP contribution is -2.20. The Morgan fingerprint density at radius 3 is 2.00 bits per heavy atom. The first-order valence-corrected chi connectivity index (χ1v) is 6.82. The first-order valence-electron chi connectivity index (χ1n) is 4.66. The molecule has 0 aliphatic carbocycles. The highest BCUT2D eigenvalue weighted by Gasteiger charge is 2.21. The van der Waals surface area contributed by atoms with Gasteiger partial charge in [0.1, 0.15) is 9.46 Å². The highest BCUT2D eigenvalue weighted by atomic mass is 127. The Morgan fingerprint density at radius 1 is 1.27 bits per heavy atom. The third kappa shape index (κ3) is 5.33. The summed E-state index contributed by atoms with van der Waals surface area (Å²) in [7, 11) is 0. The Morgan fingerprint density at radius 2 is 1.73 bits per heavy atom. The zero-order valence-electron chi connectivity index (χ0n) is 9.73. The Bertz CT molecular complexity index is 318. The normalized spacial score (nSPS) is 16.5. The first kappa shape index (κ1) is 15.4. The van der Waals surface area contributed by atoms with Crippen LogP contribution in [-0.2, 0) is 0 Å². The molecule has 0 aromatic carbocycles. The van der Waals surface area contributed by atoms with Crippen molar-refractivity contribution in [3.8, 4) is 0 Å². The molecule has 0 radical (unpaired) electrons.